The van der Waals surface area contributed by atoms with Crippen molar-refractivity contribution in [2.45, 2.75) is 19.0 Å². The third-order valence-electron chi connectivity index (χ3n) is 4.56. The summed E-state index contributed by atoms with van der Waals surface area (Å²) in [6.07, 6.45) is 0. The van der Waals surface area contributed by atoms with E-state index in [-0.39, 0.29) is 6.54 Å². The maximum atomic E-state index is 12.9. The van der Waals surface area contributed by atoms with Crippen molar-refractivity contribution in [3.05, 3.63) is 70.8 Å². The second kappa shape index (κ2) is 6.92. The van der Waals surface area contributed by atoms with Crippen molar-refractivity contribution in [3.8, 4) is 6.07 Å². The first-order chi connectivity index (χ1) is 12.9. The lowest BCUT2D eigenvalue weighted by Gasteiger charge is -2.22. The smallest absolute Gasteiger partial charge is 0.337 e. The second-order valence-electron chi connectivity index (χ2n) is 6.33. The van der Waals surface area contributed by atoms with Gasteiger partial charge in [0.1, 0.15) is 5.54 Å². The van der Waals surface area contributed by atoms with Crippen LogP contribution in [0, 0.1) is 11.3 Å². The number of nitrogens with one attached hydrogen (secondary N) is 1. The highest BCUT2D eigenvalue weighted by atomic mass is 16.5. The van der Waals surface area contributed by atoms with Gasteiger partial charge < -0.3 is 10.1 Å². The van der Waals surface area contributed by atoms with E-state index in [1.54, 1.807) is 55.5 Å². The summed E-state index contributed by atoms with van der Waals surface area (Å²) < 4.78 is 4.65. The van der Waals surface area contributed by atoms with E-state index in [1.165, 1.54) is 7.11 Å². The SMILES string of the molecule is COC(=O)c1ccc(CN2C(=O)N[C@](C)(c3cccc(C#N)c3)C2=O)cc1. The van der Waals surface area contributed by atoms with Crippen molar-refractivity contribution in [2.24, 2.45) is 0 Å². The van der Waals surface area contributed by atoms with Crippen LogP contribution < -0.4 is 5.32 Å². The number of benzene rings is 2. The largest absolute Gasteiger partial charge is 0.465 e. The van der Waals surface area contributed by atoms with Gasteiger partial charge in [-0.05, 0) is 42.3 Å². The van der Waals surface area contributed by atoms with Crippen LogP contribution in [0.15, 0.2) is 48.5 Å². The second-order valence-corrected chi connectivity index (χ2v) is 6.33. The summed E-state index contributed by atoms with van der Waals surface area (Å²) in [7, 11) is 1.30. The summed E-state index contributed by atoms with van der Waals surface area (Å²) >= 11 is 0. The molecule has 1 aliphatic rings. The molecule has 7 nitrogen and oxygen atoms in total. The fourth-order valence-electron chi connectivity index (χ4n) is 2.98. The molecule has 0 radical (unpaired) electrons. The highest BCUT2D eigenvalue weighted by Crippen LogP contribution is 2.30. The Hall–Kier alpha value is -3.66. The van der Waals surface area contributed by atoms with Crippen LogP contribution >= 0.6 is 0 Å². The maximum absolute atomic E-state index is 12.9. The number of imide groups is 1. The molecule has 0 aliphatic carbocycles. The van der Waals surface area contributed by atoms with Crippen molar-refractivity contribution in [1.29, 1.82) is 5.26 Å². The molecule has 1 heterocycles. The zero-order chi connectivity index (χ0) is 19.6. The molecule has 1 aliphatic heterocycles. The Labute approximate surface area is 156 Å². The molecule has 7 heteroatoms. The van der Waals surface area contributed by atoms with Crippen LogP contribution in [-0.2, 0) is 21.6 Å². The van der Waals surface area contributed by atoms with Crippen LogP contribution in [0.3, 0.4) is 0 Å². The molecule has 0 bridgehead atoms. The molecular weight excluding hydrogens is 346 g/mol. The van der Waals surface area contributed by atoms with Gasteiger partial charge in [-0.25, -0.2) is 9.59 Å². The zero-order valence-corrected chi connectivity index (χ0v) is 14.9. The van der Waals surface area contributed by atoms with Gasteiger partial charge in [0.15, 0.2) is 0 Å². The van der Waals surface area contributed by atoms with Gasteiger partial charge in [-0.1, -0.05) is 24.3 Å². The summed E-state index contributed by atoms with van der Waals surface area (Å²) in [5, 5.41) is 11.8. The van der Waals surface area contributed by atoms with E-state index in [9.17, 15) is 14.4 Å². The van der Waals surface area contributed by atoms with Crippen molar-refractivity contribution in [2.75, 3.05) is 7.11 Å². The molecule has 2 aromatic carbocycles. The number of carbonyl (C=O) groups is 3. The van der Waals surface area contributed by atoms with Gasteiger partial charge in [-0.2, -0.15) is 5.26 Å². The third kappa shape index (κ3) is 3.25. The Kier molecular flexibility index (Phi) is 4.65. The van der Waals surface area contributed by atoms with Crippen LogP contribution in [-0.4, -0.2) is 29.9 Å². The summed E-state index contributed by atoms with van der Waals surface area (Å²) in [6, 6.07) is 14.6. The van der Waals surface area contributed by atoms with E-state index in [2.05, 4.69) is 10.1 Å². The number of hydrogen-bond acceptors (Lipinski definition) is 5. The average molecular weight is 363 g/mol. The number of hydrogen-bond donors (Lipinski definition) is 1. The van der Waals surface area contributed by atoms with E-state index in [0.717, 1.165) is 4.90 Å². The maximum Gasteiger partial charge on any atom is 0.337 e. The van der Waals surface area contributed by atoms with Gasteiger partial charge in [0, 0.05) is 0 Å². The van der Waals surface area contributed by atoms with Crippen LogP contribution in [0.25, 0.3) is 0 Å². The van der Waals surface area contributed by atoms with E-state index in [4.69, 9.17) is 5.26 Å². The van der Waals surface area contributed by atoms with Crippen LogP contribution in [0.2, 0.25) is 0 Å². The Morgan fingerprint density at radius 1 is 1.22 bits per heavy atom. The molecule has 27 heavy (non-hydrogen) atoms. The summed E-state index contributed by atoms with van der Waals surface area (Å²) in [6.45, 7) is 1.68. The topological polar surface area (TPSA) is 99.5 Å². The number of methoxy groups -OCH3 is 1. The number of amides is 3. The number of nitriles is 1. The normalized spacial score (nSPS) is 18.8. The number of esters is 1. The Balaban J connectivity index is 1.84. The van der Waals surface area contributed by atoms with Crippen molar-refractivity contribution in [3.63, 3.8) is 0 Å². The third-order valence-corrected chi connectivity index (χ3v) is 4.56. The fourth-order valence-corrected chi connectivity index (χ4v) is 2.98. The number of rotatable bonds is 4. The molecule has 2 aromatic rings. The van der Waals surface area contributed by atoms with Gasteiger partial charge >= 0.3 is 12.0 Å². The first-order valence-corrected chi connectivity index (χ1v) is 8.21. The lowest BCUT2D eigenvalue weighted by Crippen LogP contribution is -2.40. The lowest BCUT2D eigenvalue weighted by atomic mass is 9.91. The molecule has 0 saturated carbocycles. The molecular formula is C20H17N3O4. The van der Waals surface area contributed by atoms with E-state index >= 15 is 0 Å². The van der Waals surface area contributed by atoms with E-state index in [0.29, 0.717) is 22.3 Å². The van der Waals surface area contributed by atoms with Gasteiger partial charge in [-0.3, -0.25) is 9.69 Å². The fraction of sp³-hybridized carbons (Fsp3) is 0.200. The van der Waals surface area contributed by atoms with Crippen LogP contribution in [0.5, 0.6) is 0 Å². The minimum Gasteiger partial charge on any atom is -0.465 e. The predicted octanol–water partition coefficient (Wildman–Crippen LogP) is 2.31. The number of urea groups is 1. The lowest BCUT2D eigenvalue weighted by molar-refractivity contribution is -0.131. The van der Waals surface area contributed by atoms with E-state index < -0.39 is 23.4 Å². The highest BCUT2D eigenvalue weighted by molar-refractivity contribution is 6.07. The molecule has 0 unspecified atom stereocenters. The molecule has 0 aromatic heterocycles. The molecule has 0 spiro atoms. The van der Waals surface area contributed by atoms with Crippen LogP contribution in [0.4, 0.5) is 4.79 Å². The Morgan fingerprint density at radius 2 is 1.93 bits per heavy atom. The molecule has 1 N–H and O–H groups in total. The monoisotopic (exact) mass is 363 g/mol. The molecule has 3 amide bonds. The molecule has 1 fully saturated rings. The summed E-state index contributed by atoms with van der Waals surface area (Å²) in [5.74, 6) is -0.860. The standard InChI is InChI=1S/C20H17N3O4/c1-20(16-5-3-4-14(10-16)11-21)18(25)23(19(26)22-20)12-13-6-8-15(9-7-13)17(24)27-2/h3-10H,12H2,1-2H3,(H,22,26)/t20-/m1/s1. The van der Waals surface area contributed by atoms with Gasteiger partial charge in [0.25, 0.3) is 5.91 Å². The van der Waals surface area contributed by atoms with Crippen LogP contribution in [0.1, 0.15) is 34.0 Å². The molecule has 1 atom stereocenters. The van der Waals surface area contributed by atoms with Gasteiger partial charge in [0.05, 0.1) is 30.9 Å². The first kappa shape index (κ1) is 18.1. The van der Waals surface area contributed by atoms with Crippen molar-refractivity contribution >= 4 is 17.9 Å². The first-order valence-electron chi connectivity index (χ1n) is 8.21. The zero-order valence-electron chi connectivity index (χ0n) is 14.9. The quantitative estimate of drug-likeness (QED) is 0.664. The number of ether oxygens (including phenoxy) is 1. The number of nitrogens with zero attached hydrogens (tertiary/aromatic N) is 2. The molecule has 3 rings (SSSR count). The highest BCUT2D eigenvalue weighted by Gasteiger charge is 2.48. The Morgan fingerprint density at radius 3 is 2.56 bits per heavy atom. The minimum atomic E-state index is -1.24. The van der Waals surface area contributed by atoms with Crippen molar-refractivity contribution in [1.82, 2.24) is 10.2 Å². The summed E-state index contributed by atoms with van der Waals surface area (Å²) in [5.41, 5.74) is 0.796. The van der Waals surface area contributed by atoms with Gasteiger partial charge in [-0.15, -0.1) is 0 Å². The molecule has 1 saturated heterocycles. The minimum absolute atomic E-state index is 0.0691. The van der Waals surface area contributed by atoms with Crippen molar-refractivity contribution < 1.29 is 19.1 Å². The van der Waals surface area contributed by atoms with E-state index in [1.807, 2.05) is 6.07 Å². The molecule has 136 valence electrons. The van der Waals surface area contributed by atoms with Gasteiger partial charge in [0.2, 0.25) is 0 Å². The summed E-state index contributed by atoms with van der Waals surface area (Å²) in [4.78, 5) is 38.0. The number of carbonyl (C=O) groups excluding carboxylic acids is 3. The Bertz CT molecular complexity index is 962. The average Bonchev–Trinajstić information content (AvgIpc) is 2.92. The predicted molar refractivity (Wildman–Crippen MR) is 95.4 cm³/mol.